The van der Waals surface area contributed by atoms with Crippen molar-refractivity contribution in [3.8, 4) is 11.4 Å². The summed E-state index contributed by atoms with van der Waals surface area (Å²) in [5, 5.41) is 21.0. The lowest BCUT2D eigenvalue weighted by Gasteiger charge is -2.44. The molecule has 0 saturated carbocycles. The quantitative estimate of drug-likeness (QED) is 0.719. The molecule has 7 heteroatoms. The van der Waals surface area contributed by atoms with Crippen LogP contribution in [-0.4, -0.2) is 74.5 Å². The number of benzene rings is 1. The van der Waals surface area contributed by atoms with Crippen molar-refractivity contribution in [1.29, 1.82) is 0 Å². The molecule has 2 aromatic rings. The van der Waals surface area contributed by atoms with Crippen molar-refractivity contribution >= 4 is 5.95 Å². The number of likely N-dealkylation sites (tertiary alicyclic amines) is 1. The molecule has 0 amide bonds. The molecule has 0 bridgehead atoms. The molecule has 3 heterocycles. The molecule has 7 nitrogen and oxygen atoms in total. The summed E-state index contributed by atoms with van der Waals surface area (Å²) >= 11 is 0. The van der Waals surface area contributed by atoms with Crippen LogP contribution in [0.4, 0.5) is 5.95 Å². The largest absolute Gasteiger partial charge is 0.392 e. The smallest absolute Gasteiger partial charge is 0.228 e. The number of nitrogens with zero attached hydrogens (tertiary/aromatic N) is 5. The monoisotopic (exact) mass is 465 g/mol. The molecule has 3 atom stereocenters. The molecule has 34 heavy (non-hydrogen) atoms. The van der Waals surface area contributed by atoms with Crippen molar-refractivity contribution in [3.05, 3.63) is 35.7 Å². The Kier molecular flexibility index (Phi) is 6.15. The molecule has 3 aliphatic rings. The van der Waals surface area contributed by atoms with Crippen molar-refractivity contribution in [1.82, 2.24) is 19.9 Å². The van der Waals surface area contributed by atoms with Gasteiger partial charge in [-0.15, -0.1) is 0 Å². The van der Waals surface area contributed by atoms with E-state index in [0.717, 1.165) is 37.9 Å². The predicted octanol–water partition coefficient (Wildman–Crippen LogP) is 3.28. The van der Waals surface area contributed by atoms with E-state index in [1.54, 1.807) is 6.33 Å². The highest BCUT2D eigenvalue weighted by molar-refractivity contribution is 5.61. The fourth-order valence-corrected chi connectivity index (χ4v) is 6.12. The third kappa shape index (κ3) is 4.45. The molecule has 2 saturated heterocycles. The number of aliphatic hydroxyl groups is 2. The van der Waals surface area contributed by atoms with Gasteiger partial charge in [0.15, 0.2) is 5.82 Å². The van der Waals surface area contributed by atoms with Gasteiger partial charge in [0.1, 0.15) is 6.33 Å². The standard InChI is InChI=1S/C27H39N5O2/c1-26(2)10-11-27(3,4)21-14-18(7-8-20(21)26)24-28-17-29-25(30-24)32-13-9-22(23(34)16-32)31-12-5-6-19(33)15-31/h7-8,14,17,19,22-23,33-34H,5-6,9-13,15-16H2,1-4H3. The highest BCUT2D eigenvalue weighted by Crippen LogP contribution is 2.46. The molecule has 1 aromatic carbocycles. The van der Waals surface area contributed by atoms with E-state index in [2.05, 4.69) is 65.7 Å². The summed E-state index contributed by atoms with van der Waals surface area (Å²) in [7, 11) is 0. The second-order valence-corrected chi connectivity index (χ2v) is 11.8. The van der Waals surface area contributed by atoms with Crippen LogP contribution in [-0.2, 0) is 10.8 Å². The molecule has 1 aliphatic carbocycles. The zero-order valence-corrected chi connectivity index (χ0v) is 21.0. The number of aromatic nitrogens is 3. The Morgan fingerprint density at radius 1 is 0.912 bits per heavy atom. The molecule has 0 spiro atoms. The summed E-state index contributed by atoms with van der Waals surface area (Å²) in [6, 6.07) is 6.76. The van der Waals surface area contributed by atoms with E-state index in [-0.39, 0.29) is 23.0 Å². The number of aliphatic hydroxyl groups excluding tert-OH is 2. The van der Waals surface area contributed by atoms with Crippen LogP contribution in [0, 0.1) is 0 Å². The number of fused-ring (bicyclic) bond motifs is 1. The maximum Gasteiger partial charge on any atom is 0.228 e. The number of hydrogen-bond acceptors (Lipinski definition) is 7. The van der Waals surface area contributed by atoms with Gasteiger partial charge in [0.05, 0.1) is 12.2 Å². The van der Waals surface area contributed by atoms with Crippen LogP contribution in [0.15, 0.2) is 24.5 Å². The minimum atomic E-state index is -0.494. The van der Waals surface area contributed by atoms with Crippen molar-refractivity contribution in [2.45, 2.75) is 88.9 Å². The second-order valence-electron chi connectivity index (χ2n) is 11.8. The lowest BCUT2D eigenvalue weighted by molar-refractivity contribution is -0.0105. The normalized spacial score (nSPS) is 29.0. The molecule has 1 aromatic heterocycles. The molecule has 2 aliphatic heterocycles. The second kappa shape index (κ2) is 8.85. The zero-order valence-electron chi connectivity index (χ0n) is 21.0. The van der Waals surface area contributed by atoms with E-state index in [1.807, 2.05) is 0 Å². The van der Waals surface area contributed by atoms with Crippen molar-refractivity contribution in [2.24, 2.45) is 0 Å². The summed E-state index contributed by atoms with van der Waals surface area (Å²) in [5.41, 5.74) is 4.15. The van der Waals surface area contributed by atoms with Gasteiger partial charge in [0.25, 0.3) is 0 Å². The van der Waals surface area contributed by atoms with E-state index in [9.17, 15) is 10.2 Å². The third-order valence-electron chi connectivity index (χ3n) is 8.40. The average molecular weight is 466 g/mol. The van der Waals surface area contributed by atoms with Crippen LogP contribution < -0.4 is 4.90 Å². The van der Waals surface area contributed by atoms with E-state index in [0.29, 0.717) is 24.9 Å². The van der Waals surface area contributed by atoms with Crippen molar-refractivity contribution < 1.29 is 10.2 Å². The first-order valence-corrected chi connectivity index (χ1v) is 12.8. The minimum absolute atomic E-state index is 0.0822. The molecule has 184 valence electrons. The van der Waals surface area contributed by atoms with E-state index in [4.69, 9.17) is 4.98 Å². The molecular weight excluding hydrogens is 426 g/mol. The third-order valence-corrected chi connectivity index (χ3v) is 8.40. The van der Waals surface area contributed by atoms with Crippen molar-refractivity contribution in [2.75, 3.05) is 31.1 Å². The first-order chi connectivity index (χ1) is 16.1. The van der Waals surface area contributed by atoms with Gasteiger partial charge in [-0.25, -0.2) is 9.97 Å². The van der Waals surface area contributed by atoms with Gasteiger partial charge >= 0.3 is 0 Å². The van der Waals surface area contributed by atoms with Crippen LogP contribution >= 0.6 is 0 Å². The predicted molar refractivity (Wildman–Crippen MR) is 134 cm³/mol. The summed E-state index contributed by atoms with van der Waals surface area (Å²) in [6.45, 7) is 12.2. The fourth-order valence-electron chi connectivity index (χ4n) is 6.12. The highest BCUT2D eigenvalue weighted by Gasteiger charge is 2.38. The molecule has 0 radical (unpaired) electrons. The van der Waals surface area contributed by atoms with Crippen LogP contribution in [0.1, 0.15) is 70.9 Å². The number of piperidine rings is 2. The SMILES string of the molecule is CC1(C)CCC(C)(C)c2cc(-c3ncnc(N4CCC(N5CCCC(O)C5)C(O)C4)n3)ccc21. The van der Waals surface area contributed by atoms with E-state index < -0.39 is 6.10 Å². The molecular formula is C27H39N5O2. The summed E-state index contributed by atoms with van der Waals surface area (Å²) in [4.78, 5) is 18.1. The molecule has 3 unspecified atom stereocenters. The van der Waals surface area contributed by atoms with Crippen LogP contribution in [0.3, 0.4) is 0 Å². The van der Waals surface area contributed by atoms with Gasteiger partial charge in [-0.3, -0.25) is 4.90 Å². The van der Waals surface area contributed by atoms with Crippen LogP contribution in [0.25, 0.3) is 11.4 Å². The Hall–Kier alpha value is -2.09. The van der Waals surface area contributed by atoms with Gasteiger partial charge in [-0.2, -0.15) is 4.98 Å². The summed E-state index contributed by atoms with van der Waals surface area (Å²) in [6.07, 6.45) is 5.85. The Morgan fingerprint density at radius 2 is 1.68 bits per heavy atom. The average Bonchev–Trinajstić information content (AvgIpc) is 2.82. The Bertz CT molecular complexity index is 1040. The van der Waals surface area contributed by atoms with Gasteiger partial charge in [-0.05, 0) is 66.7 Å². The lowest BCUT2D eigenvalue weighted by atomic mass is 9.63. The Balaban J connectivity index is 1.36. The van der Waals surface area contributed by atoms with Gasteiger partial charge in [0.2, 0.25) is 5.95 Å². The van der Waals surface area contributed by atoms with Gasteiger partial charge in [-0.1, -0.05) is 39.8 Å². The van der Waals surface area contributed by atoms with Crippen LogP contribution in [0.2, 0.25) is 0 Å². The first-order valence-electron chi connectivity index (χ1n) is 12.8. The number of β-amino-alcohol motifs (C(OH)–C–C–N with tert-alkyl or cyclic N) is 2. The summed E-state index contributed by atoms with van der Waals surface area (Å²) in [5.74, 6) is 1.31. The number of hydrogen-bond donors (Lipinski definition) is 2. The topological polar surface area (TPSA) is 85.6 Å². The Morgan fingerprint density at radius 3 is 2.41 bits per heavy atom. The molecule has 2 fully saturated rings. The zero-order chi connectivity index (χ0) is 24.1. The summed E-state index contributed by atoms with van der Waals surface area (Å²) < 4.78 is 0. The van der Waals surface area contributed by atoms with Crippen LogP contribution in [0.5, 0.6) is 0 Å². The van der Waals surface area contributed by atoms with E-state index in [1.165, 1.54) is 24.0 Å². The maximum absolute atomic E-state index is 10.9. The van der Waals surface area contributed by atoms with Gasteiger partial charge < -0.3 is 15.1 Å². The van der Waals surface area contributed by atoms with Crippen molar-refractivity contribution in [3.63, 3.8) is 0 Å². The van der Waals surface area contributed by atoms with Gasteiger partial charge in [0, 0.05) is 31.2 Å². The minimum Gasteiger partial charge on any atom is -0.392 e. The maximum atomic E-state index is 10.9. The lowest BCUT2D eigenvalue weighted by Crippen LogP contribution is -2.57. The highest BCUT2D eigenvalue weighted by atomic mass is 16.3. The molecule has 5 rings (SSSR count). The number of rotatable bonds is 3. The number of anilines is 1. The fraction of sp³-hybridized carbons (Fsp3) is 0.667. The Labute approximate surface area is 203 Å². The first kappa shape index (κ1) is 23.6. The molecule has 2 N–H and O–H groups in total. The van der Waals surface area contributed by atoms with E-state index >= 15 is 0 Å².